The Morgan fingerprint density at radius 1 is 1.04 bits per heavy atom. The molecule has 0 radical (unpaired) electrons. The number of aryl methyl sites for hydroxylation is 2. The molecule has 0 aliphatic rings. The lowest BCUT2D eigenvalue weighted by Gasteiger charge is -2.21. The fourth-order valence-electron chi connectivity index (χ4n) is 2.24. The molecule has 4 nitrogen and oxygen atoms in total. The molecule has 2 amide bonds. The van der Waals surface area contributed by atoms with Gasteiger partial charge in [0.05, 0.1) is 0 Å². The standard InChI is InChI=1S/C18H18F2N2O2/c1-11-4-5-12(2)17(8-11)21-18(24)10-22(13(3)23)14-6-7-15(19)16(20)9-14/h4-9H,10H2,1-3H3,(H,21,24). The zero-order valence-electron chi connectivity index (χ0n) is 13.7. The van der Waals surface area contributed by atoms with Crippen molar-refractivity contribution in [2.45, 2.75) is 20.8 Å². The Balaban J connectivity index is 2.18. The van der Waals surface area contributed by atoms with Crippen molar-refractivity contribution in [3.05, 3.63) is 59.2 Å². The van der Waals surface area contributed by atoms with Crippen molar-refractivity contribution in [3.63, 3.8) is 0 Å². The summed E-state index contributed by atoms with van der Waals surface area (Å²) in [5.74, 6) is -2.96. The van der Waals surface area contributed by atoms with E-state index in [9.17, 15) is 18.4 Å². The van der Waals surface area contributed by atoms with Crippen molar-refractivity contribution < 1.29 is 18.4 Å². The summed E-state index contributed by atoms with van der Waals surface area (Å²) in [6.45, 7) is 4.71. The van der Waals surface area contributed by atoms with Crippen LogP contribution in [-0.2, 0) is 9.59 Å². The van der Waals surface area contributed by atoms with Gasteiger partial charge in [-0.2, -0.15) is 0 Å². The van der Waals surface area contributed by atoms with Gasteiger partial charge in [-0.3, -0.25) is 9.59 Å². The first kappa shape index (κ1) is 17.6. The van der Waals surface area contributed by atoms with Gasteiger partial charge in [-0.25, -0.2) is 8.78 Å². The summed E-state index contributed by atoms with van der Waals surface area (Å²) in [7, 11) is 0. The minimum atomic E-state index is -1.08. The lowest BCUT2D eigenvalue weighted by atomic mass is 10.1. The average Bonchev–Trinajstić information content (AvgIpc) is 2.51. The molecular weight excluding hydrogens is 314 g/mol. The number of carbonyl (C=O) groups excluding carboxylic acids is 2. The Labute approximate surface area is 139 Å². The quantitative estimate of drug-likeness (QED) is 0.930. The van der Waals surface area contributed by atoms with E-state index in [1.165, 1.54) is 13.0 Å². The molecule has 126 valence electrons. The number of anilines is 2. The number of nitrogens with one attached hydrogen (secondary N) is 1. The van der Waals surface area contributed by atoms with Crippen molar-refractivity contribution in [2.75, 3.05) is 16.8 Å². The molecule has 0 atom stereocenters. The minimum absolute atomic E-state index is 0.123. The first-order chi connectivity index (χ1) is 11.3. The van der Waals surface area contributed by atoms with Crippen LogP contribution in [0.5, 0.6) is 0 Å². The molecule has 24 heavy (non-hydrogen) atoms. The second kappa shape index (κ2) is 7.21. The van der Waals surface area contributed by atoms with Crippen LogP contribution >= 0.6 is 0 Å². The Morgan fingerprint density at radius 2 is 1.75 bits per heavy atom. The third kappa shape index (κ3) is 4.16. The molecule has 2 rings (SSSR count). The summed E-state index contributed by atoms with van der Waals surface area (Å²) < 4.78 is 26.4. The molecule has 0 saturated carbocycles. The molecule has 1 N–H and O–H groups in total. The van der Waals surface area contributed by atoms with Crippen molar-refractivity contribution >= 4 is 23.2 Å². The van der Waals surface area contributed by atoms with Gasteiger partial charge in [0.15, 0.2) is 11.6 Å². The van der Waals surface area contributed by atoms with Crippen LogP contribution in [0.4, 0.5) is 20.2 Å². The van der Waals surface area contributed by atoms with Crippen LogP contribution in [0, 0.1) is 25.5 Å². The number of hydrogen-bond acceptors (Lipinski definition) is 2. The highest BCUT2D eigenvalue weighted by Crippen LogP contribution is 2.19. The largest absolute Gasteiger partial charge is 0.324 e. The predicted molar refractivity (Wildman–Crippen MR) is 88.9 cm³/mol. The van der Waals surface area contributed by atoms with Gasteiger partial charge in [-0.05, 0) is 43.2 Å². The second-order valence-electron chi connectivity index (χ2n) is 5.57. The normalized spacial score (nSPS) is 10.4. The summed E-state index contributed by atoms with van der Waals surface area (Å²) in [6.07, 6.45) is 0. The highest BCUT2D eigenvalue weighted by Gasteiger charge is 2.18. The van der Waals surface area contributed by atoms with Gasteiger partial charge >= 0.3 is 0 Å². The van der Waals surface area contributed by atoms with Gasteiger partial charge in [-0.15, -0.1) is 0 Å². The van der Waals surface area contributed by atoms with Crippen LogP contribution in [0.3, 0.4) is 0 Å². The topological polar surface area (TPSA) is 49.4 Å². The van der Waals surface area contributed by atoms with Gasteiger partial charge in [0, 0.05) is 24.4 Å². The second-order valence-corrected chi connectivity index (χ2v) is 5.57. The monoisotopic (exact) mass is 332 g/mol. The van der Waals surface area contributed by atoms with Crippen LogP contribution in [0.2, 0.25) is 0 Å². The van der Waals surface area contributed by atoms with Crippen molar-refractivity contribution in [3.8, 4) is 0 Å². The maximum Gasteiger partial charge on any atom is 0.244 e. The third-order valence-electron chi connectivity index (χ3n) is 3.56. The Hall–Kier alpha value is -2.76. The molecule has 0 aromatic heterocycles. The Kier molecular flexibility index (Phi) is 5.28. The van der Waals surface area contributed by atoms with Crippen LogP contribution in [0.1, 0.15) is 18.1 Å². The summed E-state index contributed by atoms with van der Waals surface area (Å²) in [4.78, 5) is 25.1. The molecular formula is C18H18F2N2O2. The molecule has 6 heteroatoms. The molecule has 0 unspecified atom stereocenters. The maximum atomic E-state index is 13.4. The molecule has 0 heterocycles. The molecule has 0 fully saturated rings. The van der Waals surface area contributed by atoms with E-state index in [0.717, 1.165) is 28.2 Å². The van der Waals surface area contributed by atoms with E-state index >= 15 is 0 Å². The zero-order valence-corrected chi connectivity index (χ0v) is 13.7. The third-order valence-corrected chi connectivity index (χ3v) is 3.56. The van der Waals surface area contributed by atoms with Gasteiger partial charge in [0.2, 0.25) is 11.8 Å². The average molecular weight is 332 g/mol. The zero-order chi connectivity index (χ0) is 17.9. The van der Waals surface area contributed by atoms with Gasteiger partial charge < -0.3 is 10.2 Å². The maximum absolute atomic E-state index is 13.4. The highest BCUT2D eigenvalue weighted by molar-refractivity contribution is 6.02. The van der Waals surface area contributed by atoms with Crippen LogP contribution in [-0.4, -0.2) is 18.4 Å². The van der Waals surface area contributed by atoms with Crippen molar-refractivity contribution in [2.24, 2.45) is 0 Å². The predicted octanol–water partition coefficient (Wildman–Crippen LogP) is 3.57. The van der Waals surface area contributed by atoms with Gasteiger partial charge in [0.25, 0.3) is 0 Å². The van der Waals surface area contributed by atoms with E-state index in [2.05, 4.69) is 5.32 Å². The minimum Gasteiger partial charge on any atom is -0.324 e. The molecule has 0 aliphatic heterocycles. The van der Waals surface area contributed by atoms with E-state index in [0.29, 0.717) is 5.69 Å². The fourth-order valence-corrected chi connectivity index (χ4v) is 2.24. The molecule has 0 aliphatic carbocycles. The van der Waals surface area contributed by atoms with Gasteiger partial charge in [0.1, 0.15) is 6.54 Å². The van der Waals surface area contributed by atoms with Crippen LogP contribution < -0.4 is 10.2 Å². The number of carbonyl (C=O) groups is 2. The number of benzene rings is 2. The van der Waals surface area contributed by atoms with Gasteiger partial charge in [-0.1, -0.05) is 12.1 Å². The molecule has 2 aromatic rings. The van der Waals surface area contributed by atoms with Crippen molar-refractivity contribution in [1.82, 2.24) is 0 Å². The molecule has 0 saturated heterocycles. The number of amides is 2. The van der Waals surface area contributed by atoms with Crippen LogP contribution in [0.15, 0.2) is 36.4 Å². The molecule has 0 bridgehead atoms. The summed E-state index contributed by atoms with van der Waals surface area (Å²) in [6, 6.07) is 8.69. The van der Waals surface area contributed by atoms with E-state index in [-0.39, 0.29) is 12.2 Å². The Bertz CT molecular complexity index is 791. The Morgan fingerprint density at radius 3 is 2.38 bits per heavy atom. The summed E-state index contributed by atoms with van der Waals surface area (Å²) in [5.41, 5.74) is 2.64. The fraction of sp³-hybridized carbons (Fsp3) is 0.222. The summed E-state index contributed by atoms with van der Waals surface area (Å²) >= 11 is 0. The van der Waals surface area contributed by atoms with E-state index in [1.54, 1.807) is 0 Å². The lowest BCUT2D eigenvalue weighted by molar-refractivity contribution is -0.120. The first-order valence-electron chi connectivity index (χ1n) is 7.38. The number of hydrogen-bond donors (Lipinski definition) is 1. The first-order valence-corrected chi connectivity index (χ1v) is 7.38. The van der Waals surface area contributed by atoms with E-state index in [4.69, 9.17) is 0 Å². The molecule has 2 aromatic carbocycles. The number of rotatable bonds is 4. The van der Waals surface area contributed by atoms with E-state index < -0.39 is 23.4 Å². The highest BCUT2D eigenvalue weighted by atomic mass is 19.2. The molecule has 0 spiro atoms. The van der Waals surface area contributed by atoms with Crippen LogP contribution in [0.25, 0.3) is 0 Å². The smallest absolute Gasteiger partial charge is 0.244 e. The number of halogens is 2. The summed E-state index contributed by atoms with van der Waals surface area (Å²) in [5, 5.41) is 2.73. The number of nitrogens with zero attached hydrogens (tertiary/aromatic N) is 1. The van der Waals surface area contributed by atoms with E-state index in [1.807, 2.05) is 32.0 Å². The lowest BCUT2D eigenvalue weighted by Crippen LogP contribution is -2.36. The van der Waals surface area contributed by atoms with Crippen molar-refractivity contribution in [1.29, 1.82) is 0 Å². The SMILES string of the molecule is CC(=O)N(CC(=O)Nc1cc(C)ccc1C)c1ccc(F)c(F)c1.